The van der Waals surface area contributed by atoms with Crippen LogP contribution in [-0.4, -0.2) is 41.8 Å². The molecule has 0 bridgehead atoms. The van der Waals surface area contributed by atoms with E-state index in [2.05, 4.69) is 10.3 Å². The number of esters is 2. The number of anilines is 1. The Bertz CT molecular complexity index is 906. The molecule has 0 aromatic carbocycles. The first-order valence-corrected chi connectivity index (χ1v) is 12.0. The van der Waals surface area contributed by atoms with Gasteiger partial charge in [-0.25, -0.2) is 9.78 Å². The SMILES string of the molecule is CCOC(=O)Cc1csc(SCC(=O)Nc2sc3c(c2C(=O)OCC)CCC3)n1. The number of thioether (sulfide) groups is 1. The summed E-state index contributed by atoms with van der Waals surface area (Å²) in [5, 5.41) is 5.23. The highest BCUT2D eigenvalue weighted by Gasteiger charge is 2.28. The number of hydrogen-bond donors (Lipinski definition) is 1. The van der Waals surface area contributed by atoms with Crippen LogP contribution in [0.3, 0.4) is 0 Å². The van der Waals surface area contributed by atoms with Crippen molar-refractivity contribution in [2.45, 2.75) is 43.9 Å². The van der Waals surface area contributed by atoms with Crippen molar-refractivity contribution in [3.05, 3.63) is 27.1 Å². The van der Waals surface area contributed by atoms with Crippen molar-refractivity contribution in [3.63, 3.8) is 0 Å². The van der Waals surface area contributed by atoms with Crippen LogP contribution < -0.4 is 5.32 Å². The highest BCUT2D eigenvalue weighted by molar-refractivity contribution is 8.01. The number of rotatable bonds is 9. The van der Waals surface area contributed by atoms with E-state index in [-0.39, 0.29) is 30.0 Å². The molecule has 0 saturated heterocycles. The van der Waals surface area contributed by atoms with Crippen molar-refractivity contribution in [2.24, 2.45) is 0 Å². The number of thiophene rings is 1. The molecule has 1 aliphatic carbocycles. The third-order valence-electron chi connectivity index (χ3n) is 4.14. The molecule has 0 atom stereocenters. The normalized spacial score (nSPS) is 12.5. The second-order valence-corrected chi connectivity index (χ2v) is 9.39. The summed E-state index contributed by atoms with van der Waals surface area (Å²) in [7, 11) is 0. The molecule has 10 heteroatoms. The Balaban J connectivity index is 1.58. The van der Waals surface area contributed by atoms with Gasteiger partial charge in [-0.2, -0.15) is 0 Å². The van der Waals surface area contributed by atoms with Crippen molar-refractivity contribution < 1.29 is 23.9 Å². The lowest BCUT2D eigenvalue weighted by molar-refractivity contribution is -0.142. The van der Waals surface area contributed by atoms with E-state index in [1.54, 1.807) is 19.2 Å². The minimum Gasteiger partial charge on any atom is -0.466 e. The van der Waals surface area contributed by atoms with Crippen molar-refractivity contribution in [2.75, 3.05) is 24.3 Å². The van der Waals surface area contributed by atoms with Crippen LogP contribution in [0.5, 0.6) is 0 Å². The number of nitrogens with zero attached hydrogens (tertiary/aromatic N) is 1. The van der Waals surface area contributed by atoms with Gasteiger partial charge in [0.2, 0.25) is 5.91 Å². The molecule has 7 nitrogen and oxygen atoms in total. The summed E-state index contributed by atoms with van der Waals surface area (Å²) >= 11 is 4.14. The van der Waals surface area contributed by atoms with Gasteiger partial charge in [-0.1, -0.05) is 11.8 Å². The van der Waals surface area contributed by atoms with Gasteiger partial charge in [-0.3, -0.25) is 9.59 Å². The molecular formula is C19H22N2O5S3. The van der Waals surface area contributed by atoms with Gasteiger partial charge in [-0.15, -0.1) is 22.7 Å². The molecule has 156 valence electrons. The van der Waals surface area contributed by atoms with E-state index in [4.69, 9.17) is 9.47 Å². The maximum absolute atomic E-state index is 12.4. The Morgan fingerprint density at radius 2 is 2.00 bits per heavy atom. The standard InChI is InChI=1S/C19H22N2O5S3/c1-3-25-15(23)8-11-9-27-19(20-11)28-10-14(22)21-17-16(18(24)26-4-2)12-6-5-7-13(12)29-17/h9H,3-8,10H2,1-2H3,(H,21,22). The molecule has 3 rings (SSSR count). The third kappa shape index (κ3) is 5.58. The fourth-order valence-corrected chi connectivity index (χ4v) is 5.94. The van der Waals surface area contributed by atoms with Gasteiger partial charge >= 0.3 is 11.9 Å². The lowest BCUT2D eigenvalue weighted by Crippen LogP contribution is -2.16. The number of ether oxygens (including phenoxy) is 2. The fraction of sp³-hybridized carbons (Fsp3) is 0.474. The predicted octanol–water partition coefficient (Wildman–Crippen LogP) is 3.71. The van der Waals surface area contributed by atoms with Gasteiger partial charge in [0.1, 0.15) is 5.00 Å². The van der Waals surface area contributed by atoms with Gasteiger partial charge in [0.15, 0.2) is 4.34 Å². The monoisotopic (exact) mass is 454 g/mol. The highest BCUT2D eigenvalue weighted by atomic mass is 32.2. The van der Waals surface area contributed by atoms with Crippen LogP contribution in [0.25, 0.3) is 0 Å². The van der Waals surface area contributed by atoms with Gasteiger partial charge < -0.3 is 14.8 Å². The Labute approximate surface area is 181 Å². The Kier molecular flexibility index (Phi) is 7.68. The second kappa shape index (κ2) is 10.2. The fourth-order valence-electron chi connectivity index (χ4n) is 3.00. The van der Waals surface area contributed by atoms with Gasteiger partial charge in [-0.05, 0) is 38.7 Å². The van der Waals surface area contributed by atoms with Gasteiger partial charge in [0, 0.05) is 10.3 Å². The summed E-state index contributed by atoms with van der Waals surface area (Å²) < 4.78 is 10.8. The van der Waals surface area contributed by atoms with Gasteiger partial charge in [0.25, 0.3) is 0 Å². The molecule has 0 spiro atoms. The number of hydrogen-bond acceptors (Lipinski definition) is 9. The largest absolute Gasteiger partial charge is 0.466 e. The summed E-state index contributed by atoms with van der Waals surface area (Å²) in [6.07, 6.45) is 2.92. The average molecular weight is 455 g/mol. The number of aryl methyl sites for hydroxylation is 1. The lowest BCUT2D eigenvalue weighted by Gasteiger charge is -2.07. The topological polar surface area (TPSA) is 94.6 Å². The summed E-state index contributed by atoms with van der Waals surface area (Å²) in [6.45, 7) is 4.16. The maximum Gasteiger partial charge on any atom is 0.341 e. The Hall–Kier alpha value is -1.91. The molecule has 2 aromatic heterocycles. The molecule has 0 saturated carbocycles. The highest BCUT2D eigenvalue weighted by Crippen LogP contribution is 2.39. The Morgan fingerprint density at radius 3 is 2.76 bits per heavy atom. The van der Waals surface area contributed by atoms with Crippen molar-refractivity contribution in [1.29, 1.82) is 0 Å². The first-order chi connectivity index (χ1) is 14.0. The number of carbonyl (C=O) groups excluding carboxylic acids is 3. The molecule has 0 fully saturated rings. The Morgan fingerprint density at radius 1 is 1.21 bits per heavy atom. The number of carbonyl (C=O) groups is 3. The van der Waals surface area contributed by atoms with E-state index in [1.807, 2.05) is 0 Å². The smallest absolute Gasteiger partial charge is 0.341 e. The predicted molar refractivity (Wildman–Crippen MR) is 114 cm³/mol. The molecule has 29 heavy (non-hydrogen) atoms. The summed E-state index contributed by atoms with van der Waals surface area (Å²) in [5.74, 6) is -0.734. The molecule has 0 unspecified atom stereocenters. The van der Waals surface area contributed by atoms with E-state index < -0.39 is 0 Å². The molecule has 2 aromatic rings. The number of amides is 1. The number of aromatic nitrogens is 1. The van der Waals surface area contributed by atoms with Crippen LogP contribution >= 0.6 is 34.4 Å². The molecule has 1 amide bonds. The molecular weight excluding hydrogens is 432 g/mol. The van der Waals surface area contributed by atoms with E-state index in [1.165, 1.54) is 34.4 Å². The zero-order valence-electron chi connectivity index (χ0n) is 16.2. The zero-order chi connectivity index (χ0) is 20.8. The summed E-state index contributed by atoms with van der Waals surface area (Å²) in [5.41, 5.74) is 2.16. The average Bonchev–Trinajstić information content (AvgIpc) is 3.36. The van der Waals surface area contributed by atoms with Crippen LogP contribution in [0, 0.1) is 0 Å². The van der Waals surface area contributed by atoms with E-state index in [0.29, 0.717) is 33.8 Å². The van der Waals surface area contributed by atoms with Crippen molar-refractivity contribution in [1.82, 2.24) is 4.98 Å². The summed E-state index contributed by atoms with van der Waals surface area (Å²) in [6, 6.07) is 0. The van der Waals surface area contributed by atoms with Crippen LogP contribution in [0.4, 0.5) is 5.00 Å². The van der Waals surface area contributed by atoms with E-state index >= 15 is 0 Å². The number of fused-ring (bicyclic) bond motifs is 1. The van der Waals surface area contributed by atoms with Crippen molar-refractivity contribution in [3.8, 4) is 0 Å². The number of thiazole rings is 1. The van der Waals surface area contributed by atoms with Crippen LogP contribution in [0.1, 0.15) is 46.8 Å². The third-order valence-corrected chi connectivity index (χ3v) is 7.42. The molecule has 1 aliphatic rings. The zero-order valence-corrected chi connectivity index (χ0v) is 18.7. The number of nitrogens with one attached hydrogen (secondary N) is 1. The first kappa shape index (κ1) is 21.8. The second-order valence-electron chi connectivity index (χ2n) is 6.21. The van der Waals surface area contributed by atoms with Crippen LogP contribution in [0.2, 0.25) is 0 Å². The molecule has 0 aliphatic heterocycles. The molecule has 2 heterocycles. The quantitative estimate of drug-likeness (QED) is 0.456. The van der Waals surface area contributed by atoms with Gasteiger partial charge in [0.05, 0.1) is 36.6 Å². The molecule has 0 radical (unpaired) electrons. The first-order valence-electron chi connectivity index (χ1n) is 9.36. The van der Waals surface area contributed by atoms with Crippen LogP contribution in [0.15, 0.2) is 9.72 Å². The molecule has 1 N–H and O–H groups in total. The van der Waals surface area contributed by atoms with E-state index in [9.17, 15) is 14.4 Å². The lowest BCUT2D eigenvalue weighted by atomic mass is 10.1. The van der Waals surface area contributed by atoms with E-state index in [0.717, 1.165) is 29.7 Å². The maximum atomic E-state index is 12.4. The minimum absolute atomic E-state index is 0.126. The van der Waals surface area contributed by atoms with Crippen molar-refractivity contribution >= 4 is 57.3 Å². The van der Waals surface area contributed by atoms with Crippen LogP contribution in [-0.2, 0) is 38.3 Å². The minimum atomic E-state index is -0.376. The summed E-state index contributed by atoms with van der Waals surface area (Å²) in [4.78, 5) is 41.8.